The van der Waals surface area contributed by atoms with Crippen LogP contribution in [0.4, 0.5) is 0 Å². The van der Waals surface area contributed by atoms with Crippen molar-refractivity contribution in [1.29, 1.82) is 0 Å². The summed E-state index contributed by atoms with van der Waals surface area (Å²) in [4.78, 5) is 5.05. The molecule has 0 N–H and O–H groups in total. The topological polar surface area (TPSA) is 21.6 Å². The van der Waals surface area contributed by atoms with Crippen molar-refractivity contribution in [3.8, 4) is 0 Å². The van der Waals surface area contributed by atoms with Gasteiger partial charge in [0, 0.05) is 6.42 Å². The van der Waals surface area contributed by atoms with Gasteiger partial charge in [-0.15, -0.1) is 6.58 Å². The molecule has 0 aliphatic rings. The first-order valence-corrected chi connectivity index (χ1v) is 5.22. The van der Waals surface area contributed by atoms with Crippen LogP contribution in [0.1, 0.15) is 24.5 Å². The highest BCUT2D eigenvalue weighted by molar-refractivity contribution is 5.79. The van der Waals surface area contributed by atoms with Crippen molar-refractivity contribution in [2.45, 2.75) is 19.8 Å². The molecule has 1 aromatic rings. The normalized spacial score (nSPS) is 10.5. The second-order valence-corrected chi connectivity index (χ2v) is 3.24. The fourth-order valence-electron chi connectivity index (χ4n) is 1.18. The fourth-order valence-corrected chi connectivity index (χ4v) is 1.18. The van der Waals surface area contributed by atoms with Gasteiger partial charge in [-0.3, -0.25) is 0 Å². The van der Waals surface area contributed by atoms with E-state index in [0.717, 1.165) is 18.4 Å². The lowest BCUT2D eigenvalue weighted by Crippen LogP contribution is -1.88. The van der Waals surface area contributed by atoms with Crippen LogP contribution in [-0.2, 0) is 11.3 Å². The molecule has 0 saturated carbocycles. The van der Waals surface area contributed by atoms with Crippen LogP contribution in [-0.4, -0.2) is 12.8 Å². The maximum Gasteiger partial charge on any atom is 0.120 e. The maximum atomic E-state index is 5.05. The summed E-state index contributed by atoms with van der Waals surface area (Å²) >= 11 is 0. The van der Waals surface area contributed by atoms with Crippen LogP contribution in [0.25, 0.3) is 0 Å². The van der Waals surface area contributed by atoms with Crippen LogP contribution in [0.15, 0.2) is 42.1 Å². The van der Waals surface area contributed by atoms with Gasteiger partial charge in [-0.25, -0.2) is 0 Å². The molecule has 80 valence electrons. The van der Waals surface area contributed by atoms with E-state index in [1.165, 1.54) is 5.56 Å². The van der Waals surface area contributed by atoms with Crippen molar-refractivity contribution < 1.29 is 4.84 Å². The largest absolute Gasteiger partial charge is 0.395 e. The summed E-state index contributed by atoms with van der Waals surface area (Å²) in [5.41, 5.74) is 2.39. The molecule has 0 aliphatic carbocycles. The average Bonchev–Trinajstić information content (AvgIpc) is 2.29. The highest BCUT2D eigenvalue weighted by Gasteiger charge is 1.90. The molecule has 2 heteroatoms. The third-order valence-corrected chi connectivity index (χ3v) is 2.05. The second-order valence-electron chi connectivity index (χ2n) is 3.24. The van der Waals surface area contributed by atoms with Crippen LogP contribution in [0.2, 0.25) is 0 Å². The molecule has 0 saturated heterocycles. The van der Waals surface area contributed by atoms with E-state index in [-0.39, 0.29) is 0 Å². The summed E-state index contributed by atoms with van der Waals surface area (Å²) in [6, 6.07) is 8.26. The van der Waals surface area contributed by atoms with Gasteiger partial charge in [-0.2, -0.15) is 0 Å². The van der Waals surface area contributed by atoms with Crippen LogP contribution >= 0.6 is 0 Å². The maximum absolute atomic E-state index is 5.05. The zero-order valence-corrected chi connectivity index (χ0v) is 9.15. The van der Waals surface area contributed by atoms with Crippen LogP contribution in [0, 0.1) is 0 Å². The molecule has 0 radical (unpaired) electrons. The Bertz CT molecular complexity index is 331. The summed E-state index contributed by atoms with van der Waals surface area (Å²) in [5, 5.41) is 3.88. The van der Waals surface area contributed by atoms with Crippen LogP contribution < -0.4 is 0 Å². The Morgan fingerprint density at radius 3 is 3.07 bits per heavy atom. The predicted molar refractivity (Wildman–Crippen MR) is 64.2 cm³/mol. The highest BCUT2D eigenvalue weighted by Crippen LogP contribution is 2.03. The standard InChI is InChI=1S/C13H17NO/c1-3-5-9-15-14-11-13-8-6-7-12(4-2)10-13/h3,6-8,10-11H,1,4-5,9H2,2H3. The van der Waals surface area contributed by atoms with Crippen molar-refractivity contribution >= 4 is 6.21 Å². The Hall–Kier alpha value is -1.57. The van der Waals surface area contributed by atoms with Gasteiger partial charge in [0.25, 0.3) is 0 Å². The first-order chi connectivity index (χ1) is 7.36. The molecule has 0 spiro atoms. The lowest BCUT2D eigenvalue weighted by molar-refractivity contribution is 0.151. The number of oxime groups is 1. The Morgan fingerprint density at radius 1 is 1.47 bits per heavy atom. The molecule has 0 unspecified atom stereocenters. The fraction of sp³-hybridized carbons (Fsp3) is 0.308. The quantitative estimate of drug-likeness (QED) is 0.301. The van der Waals surface area contributed by atoms with Gasteiger partial charge in [0.2, 0.25) is 0 Å². The van der Waals surface area contributed by atoms with Crippen LogP contribution in [0.5, 0.6) is 0 Å². The summed E-state index contributed by atoms with van der Waals surface area (Å²) in [5.74, 6) is 0. The van der Waals surface area contributed by atoms with E-state index in [9.17, 15) is 0 Å². The minimum atomic E-state index is 0.591. The van der Waals surface area contributed by atoms with Gasteiger partial charge in [-0.1, -0.05) is 42.4 Å². The summed E-state index contributed by atoms with van der Waals surface area (Å²) in [7, 11) is 0. The number of aryl methyl sites for hydroxylation is 1. The van der Waals surface area contributed by atoms with Gasteiger partial charge in [0.1, 0.15) is 6.61 Å². The minimum Gasteiger partial charge on any atom is -0.395 e. The van der Waals surface area contributed by atoms with Crippen molar-refractivity contribution in [3.05, 3.63) is 48.0 Å². The first kappa shape index (κ1) is 11.5. The van der Waals surface area contributed by atoms with Crippen molar-refractivity contribution in [1.82, 2.24) is 0 Å². The summed E-state index contributed by atoms with van der Waals surface area (Å²) in [6.07, 6.45) is 5.42. The van der Waals surface area contributed by atoms with Crippen molar-refractivity contribution in [3.63, 3.8) is 0 Å². The van der Waals surface area contributed by atoms with Gasteiger partial charge in [-0.05, 0) is 17.5 Å². The molecule has 0 aliphatic heterocycles. The second kappa shape index (κ2) is 6.82. The molecule has 0 amide bonds. The number of nitrogens with zero attached hydrogens (tertiary/aromatic N) is 1. The molecule has 0 heterocycles. The molecular formula is C13H17NO. The Balaban J connectivity index is 2.45. The molecule has 0 atom stereocenters. The SMILES string of the molecule is C=CCCON=Cc1cccc(CC)c1. The highest BCUT2D eigenvalue weighted by atomic mass is 16.6. The zero-order chi connectivity index (χ0) is 10.9. The van der Waals surface area contributed by atoms with E-state index < -0.39 is 0 Å². The van der Waals surface area contributed by atoms with Crippen molar-refractivity contribution in [2.75, 3.05) is 6.61 Å². The number of rotatable bonds is 6. The lowest BCUT2D eigenvalue weighted by atomic mass is 10.1. The Kier molecular flexibility index (Phi) is 5.23. The molecular weight excluding hydrogens is 186 g/mol. The van der Waals surface area contributed by atoms with Gasteiger partial charge in [0.05, 0.1) is 6.21 Å². The molecule has 1 rings (SSSR count). The Labute approximate surface area is 91.3 Å². The molecule has 15 heavy (non-hydrogen) atoms. The molecule has 0 aromatic heterocycles. The van der Waals surface area contributed by atoms with Crippen LogP contribution in [0.3, 0.4) is 0 Å². The van der Waals surface area contributed by atoms with E-state index in [1.54, 1.807) is 6.21 Å². The minimum absolute atomic E-state index is 0.591. The zero-order valence-electron chi connectivity index (χ0n) is 9.15. The lowest BCUT2D eigenvalue weighted by Gasteiger charge is -1.98. The van der Waals surface area contributed by atoms with Gasteiger partial charge in [0.15, 0.2) is 0 Å². The molecule has 2 nitrogen and oxygen atoms in total. The molecule has 0 bridgehead atoms. The third kappa shape index (κ3) is 4.45. The van der Waals surface area contributed by atoms with E-state index in [1.807, 2.05) is 18.2 Å². The van der Waals surface area contributed by atoms with Gasteiger partial charge >= 0.3 is 0 Å². The van der Waals surface area contributed by atoms with E-state index in [2.05, 4.69) is 30.8 Å². The molecule has 1 aromatic carbocycles. The first-order valence-electron chi connectivity index (χ1n) is 5.22. The van der Waals surface area contributed by atoms with E-state index in [4.69, 9.17) is 4.84 Å². The number of benzene rings is 1. The summed E-state index contributed by atoms with van der Waals surface area (Å²) < 4.78 is 0. The Morgan fingerprint density at radius 2 is 2.33 bits per heavy atom. The van der Waals surface area contributed by atoms with E-state index in [0.29, 0.717) is 6.61 Å². The molecule has 0 fully saturated rings. The predicted octanol–water partition coefficient (Wildman–Crippen LogP) is 3.18. The van der Waals surface area contributed by atoms with Gasteiger partial charge < -0.3 is 4.84 Å². The average molecular weight is 203 g/mol. The number of hydrogen-bond acceptors (Lipinski definition) is 2. The monoisotopic (exact) mass is 203 g/mol. The van der Waals surface area contributed by atoms with E-state index >= 15 is 0 Å². The third-order valence-electron chi connectivity index (χ3n) is 2.05. The smallest absolute Gasteiger partial charge is 0.120 e. The number of hydrogen-bond donors (Lipinski definition) is 0. The van der Waals surface area contributed by atoms with Crippen molar-refractivity contribution in [2.24, 2.45) is 5.16 Å². The summed E-state index contributed by atoms with van der Waals surface area (Å²) in [6.45, 7) is 6.33.